The minimum atomic E-state index is -0.447. The molecule has 0 radical (unpaired) electrons. The number of nitrogens with one attached hydrogen (secondary N) is 1. The van der Waals surface area contributed by atoms with E-state index in [1.807, 2.05) is 20.8 Å². The molecule has 1 rings (SSSR count). The number of nitrogens with two attached hydrogens (primary N) is 1. The molecule has 0 saturated carbocycles. The average molecular weight is 259 g/mol. The zero-order chi connectivity index (χ0) is 13.1. The Morgan fingerprint density at radius 1 is 1.47 bits per heavy atom. The van der Waals surface area contributed by atoms with Crippen LogP contribution in [0.1, 0.15) is 20.8 Å². The lowest BCUT2D eigenvalue weighted by Crippen LogP contribution is -2.51. The van der Waals surface area contributed by atoms with E-state index in [0.717, 1.165) is 0 Å². The molecular weight excluding hydrogens is 238 g/mol. The quantitative estimate of drug-likeness (QED) is 0.748. The van der Waals surface area contributed by atoms with E-state index in [-0.39, 0.29) is 17.9 Å². The molecule has 1 saturated heterocycles. The first-order valence-electron chi connectivity index (χ1n) is 5.74. The number of amides is 2. The van der Waals surface area contributed by atoms with Gasteiger partial charge in [0.25, 0.3) is 0 Å². The minimum absolute atomic E-state index is 0.0235. The van der Waals surface area contributed by atoms with Crippen LogP contribution >= 0.6 is 11.8 Å². The van der Waals surface area contributed by atoms with Crippen LogP contribution < -0.4 is 11.1 Å². The summed E-state index contributed by atoms with van der Waals surface area (Å²) in [6.45, 7) is 6.48. The van der Waals surface area contributed by atoms with Crippen LogP contribution in [0, 0.1) is 5.41 Å². The Balaban J connectivity index is 2.66. The third-order valence-electron chi connectivity index (χ3n) is 2.53. The van der Waals surface area contributed by atoms with Crippen LogP contribution in [0.2, 0.25) is 0 Å². The van der Waals surface area contributed by atoms with E-state index in [2.05, 4.69) is 5.32 Å². The van der Waals surface area contributed by atoms with Crippen molar-refractivity contribution in [3.8, 4) is 0 Å². The molecule has 0 bridgehead atoms. The van der Waals surface area contributed by atoms with Crippen molar-refractivity contribution in [2.45, 2.75) is 26.8 Å². The summed E-state index contributed by atoms with van der Waals surface area (Å²) >= 11 is 1.61. The van der Waals surface area contributed by atoms with Gasteiger partial charge < -0.3 is 16.0 Å². The number of hydrogen-bond donors (Lipinski definition) is 2. The summed E-state index contributed by atoms with van der Waals surface area (Å²) in [7, 11) is 0. The summed E-state index contributed by atoms with van der Waals surface area (Å²) in [5.41, 5.74) is 4.89. The van der Waals surface area contributed by atoms with Gasteiger partial charge in [0, 0.05) is 24.3 Å². The van der Waals surface area contributed by atoms with Crippen LogP contribution in [-0.2, 0) is 9.59 Å². The van der Waals surface area contributed by atoms with Gasteiger partial charge in [-0.1, -0.05) is 20.8 Å². The van der Waals surface area contributed by atoms with Gasteiger partial charge in [0.1, 0.15) is 6.04 Å². The van der Waals surface area contributed by atoms with Crippen molar-refractivity contribution in [1.29, 1.82) is 0 Å². The second-order valence-electron chi connectivity index (χ2n) is 5.12. The molecule has 1 heterocycles. The highest BCUT2D eigenvalue weighted by atomic mass is 32.2. The van der Waals surface area contributed by atoms with Crippen molar-refractivity contribution in [2.75, 3.05) is 24.7 Å². The van der Waals surface area contributed by atoms with E-state index in [1.54, 1.807) is 16.7 Å². The molecule has 1 aliphatic rings. The molecular formula is C11H21N3O2S. The van der Waals surface area contributed by atoms with Gasteiger partial charge in [0.2, 0.25) is 11.8 Å². The lowest BCUT2D eigenvalue weighted by atomic mass is 9.94. The SMILES string of the molecule is CC(C)(C)C(=O)N1CSCC1C(=O)NCCN. The van der Waals surface area contributed by atoms with Gasteiger partial charge in [-0.3, -0.25) is 9.59 Å². The number of rotatable bonds is 3. The Labute approximate surface area is 106 Å². The maximum atomic E-state index is 12.2. The Morgan fingerprint density at radius 2 is 2.12 bits per heavy atom. The normalized spacial score (nSPS) is 20.5. The van der Waals surface area contributed by atoms with Crippen LogP contribution in [0.4, 0.5) is 0 Å². The highest BCUT2D eigenvalue weighted by Gasteiger charge is 2.38. The number of carbonyl (C=O) groups is 2. The van der Waals surface area contributed by atoms with Gasteiger partial charge in [-0.25, -0.2) is 0 Å². The average Bonchev–Trinajstić information content (AvgIpc) is 2.72. The van der Waals surface area contributed by atoms with Gasteiger partial charge in [-0.05, 0) is 0 Å². The van der Waals surface area contributed by atoms with Gasteiger partial charge >= 0.3 is 0 Å². The molecule has 5 nitrogen and oxygen atoms in total. The Kier molecular flexibility index (Phi) is 4.82. The number of thioether (sulfide) groups is 1. The molecule has 0 spiro atoms. The van der Waals surface area contributed by atoms with E-state index in [9.17, 15) is 9.59 Å². The monoisotopic (exact) mass is 259 g/mol. The summed E-state index contributed by atoms with van der Waals surface area (Å²) in [6.07, 6.45) is 0. The van der Waals surface area contributed by atoms with E-state index < -0.39 is 5.41 Å². The molecule has 1 atom stereocenters. The van der Waals surface area contributed by atoms with E-state index in [4.69, 9.17) is 5.73 Å². The van der Waals surface area contributed by atoms with Gasteiger partial charge in [-0.2, -0.15) is 0 Å². The van der Waals surface area contributed by atoms with Crippen LogP contribution in [-0.4, -0.2) is 47.5 Å². The maximum absolute atomic E-state index is 12.2. The summed E-state index contributed by atoms with van der Waals surface area (Å²) in [6, 6.07) is -0.349. The Bertz CT molecular complexity index is 302. The fraction of sp³-hybridized carbons (Fsp3) is 0.818. The largest absolute Gasteiger partial charge is 0.353 e. The first-order valence-corrected chi connectivity index (χ1v) is 6.90. The third kappa shape index (κ3) is 3.61. The Hall–Kier alpha value is -0.750. The lowest BCUT2D eigenvalue weighted by molar-refractivity contribution is -0.144. The molecule has 17 heavy (non-hydrogen) atoms. The van der Waals surface area contributed by atoms with Crippen LogP contribution in [0.3, 0.4) is 0 Å². The molecule has 98 valence electrons. The highest BCUT2D eigenvalue weighted by molar-refractivity contribution is 7.99. The van der Waals surface area contributed by atoms with Gasteiger partial charge in [-0.15, -0.1) is 11.8 Å². The van der Waals surface area contributed by atoms with Crippen molar-refractivity contribution in [3.63, 3.8) is 0 Å². The van der Waals surface area contributed by atoms with Crippen LogP contribution in [0.25, 0.3) is 0 Å². The van der Waals surface area contributed by atoms with Crippen molar-refractivity contribution in [3.05, 3.63) is 0 Å². The second kappa shape index (κ2) is 5.73. The number of nitrogens with zero attached hydrogens (tertiary/aromatic N) is 1. The van der Waals surface area contributed by atoms with Crippen molar-refractivity contribution < 1.29 is 9.59 Å². The standard InChI is InChI=1S/C11H21N3O2S/c1-11(2,3)10(16)14-7-17-6-8(14)9(15)13-5-4-12/h8H,4-7,12H2,1-3H3,(H,13,15). The molecule has 1 unspecified atom stereocenters. The van der Waals surface area contributed by atoms with Crippen molar-refractivity contribution in [1.82, 2.24) is 10.2 Å². The maximum Gasteiger partial charge on any atom is 0.243 e. The molecule has 3 N–H and O–H groups in total. The highest BCUT2D eigenvalue weighted by Crippen LogP contribution is 2.27. The Morgan fingerprint density at radius 3 is 2.65 bits per heavy atom. The first-order chi connectivity index (χ1) is 7.88. The summed E-state index contributed by atoms with van der Waals surface area (Å²) in [4.78, 5) is 25.7. The van der Waals surface area contributed by atoms with E-state index >= 15 is 0 Å². The molecule has 0 aromatic rings. The first kappa shape index (κ1) is 14.3. The number of carbonyl (C=O) groups excluding carboxylic acids is 2. The molecule has 6 heteroatoms. The van der Waals surface area contributed by atoms with Crippen molar-refractivity contribution in [2.24, 2.45) is 11.1 Å². The fourth-order valence-corrected chi connectivity index (χ4v) is 2.76. The second-order valence-corrected chi connectivity index (χ2v) is 6.12. The minimum Gasteiger partial charge on any atom is -0.353 e. The topological polar surface area (TPSA) is 75.4 Å². The molecule has 0 aliphatic carbocycles. The predicted octanol–water partition coefficient (Wildman–Crippen LogP) is 0.00890. The summed E-state index contributed by atoms with van der Waals surface area (Å²) < 4.78 is 0. The van der Waals surface area contributed by atoms with Gasteiger partial charge in [0.05, 0.1) is 5.88 Å². The fourth-order valence-electron chi connectivity index (χ4n) is 1.60. The zero-order valence-corrected chi connectivity index (χ0v) is 11.5. The molecule has 1 fully saturated rings. The zero-order valence-electron chi connectivity index (χ0n) is 10.7. The van der Waals surface area contributed by atoms with E-state index in [1.165, 1.54) is 0 Å². The molecule has 0 aromatic heterocycles. The molecule has 2 amide bonds. The van der Waals surface area contributed by atoms with Gasteiger partial charge in [0.15, 0.2) is 0 Å². The van der Waals surface area contributed by atoms with E-state index in [0.29, 0.717) is 24.7 Å². The smallest absolute Gasteiger partial charge is 0.243 e. The number of hydrogen-bond acceptors (Lipinski definition) is 4. The lowest BCUT2D eigenvalue weighted by Gasteiger charge is -2.29. The van der Waals surface area contributed by atoms with Crippen LogP contribution in [0.15, 0.2) is 0 Å². The third-order valence-corrected chi connectivity index (χ3v) is 3.54. The summed E-state index contributed by atoms with van der Waals surface area (Å²) in [5.74, 6) is 1.18. The predicted molar refractivity (Wildman–Crippen MR) is 69.5 cm³/mol. The van der Waals surface area contributed by atoms with Crippen LogP contribution in [0.5, 0.6) is 0 Å². The van der Waals surface area contributed by atoms with Crippen molar-refractivity contribution >= 4 is 23.6 Å². The molecule has 0 aromatic carbocycles. The summed E-state index contributed by atoms with van der Waals surface area (Å²) in [5, 5.41) is 2.74. The molecule has 1 aliphatic heterocycles.